The molecule has 0 spiro atoms. The fourth-order valence-corrected chi connectivity index (χ4v) is 1.58. The first-order valence-electron chi connectivity index (χ1n) is 3.94. The molecule has 2 aromatic rings. The topological polar surface area (TPSA) is 55.1 Å². The second-order valence-electron chi connectivity index (χ2n) is 2.96. The maximum absolute atomic E-state index is 10.8. The second-order valence-corrected chi connectivity index (χ2v) is 3.35. The molecule has 0 amide bonds. The van der Waals surface area contributed by atoms with Gasteiger partial charge < -0.3 is 9.67 Å². The number of aromatic nitrogens is 2. The SMILES string of the molecule is Cn1c(C(=O)O)cc2cc(Cl)ncc21. The van der Waals surface area contributed by atoms with Crippen LogP contribution >= 0.6 is 11.6 Å². The maximum atomic E-state index is 10.8. The summed E-state index contributed by atoms with van der Waals surface area (Å²) in [4.78, 5) is 14.7. The average molecular weight is 211 g/mol. The summed E-state index contributed by atoms with van der Waals surface area (Å²) in [6.07, 6.45) is 1.56. The summed E-state index contributed by atoms with van der Waals surface area (Å²) in [6.45, 7) is 0. The fraction of sp³-hybridized carbons (Fsp3) is 0.111. The first-order valence-corrected chi connectivity index (χ1v) is 4.31. The number of carboxylic acids is 1. The Morgan fingerprint density at radius 3 is 2.93 bits per heavy atom. The Morgan fingerprint density at radius 2 is 2.29 bits per heavy atom. The normalized spacial score (nSPS) is 10.7. The van der Waals surface area contributed by atoms with Gasteiger partial charge in [-0.25, -0.2) is 9.78 Å². The van der Waals surface area contributed by atoms with Crippen molar-refractivity contribution in [3.05, 3.63) is 29.2 Å². The van der Waals surface area contributed by atoms with Crippen LogP contribution in [0.3, 0.4) is 0 Å². The molecule has 0 bridgehead atoms. The van der Waals surface area contributed by atoms with Crippen LogP contribution in [0.2, 0.25) is 5.15 Å². The van der Waals surface area contributed by atoms with E-state index in [1.165, 1.54) is 0 Å². The Balaban J connectivity index is 2.79. The molecule has 0 saturated carbocycles. The summed E-state index contributed by atoms with van der Waals surface area (Å²) in [5.41, 5.74) is 0.982. The van der Waals surface area contributed by atoms with E-state index in [9.17, 15) is 4.79 Å². The van der Waals surface area contributed by atoms with Gasteiger partial charge in [0.05, 0.1) is 11.7 Å². The van der Waals surface area contributed by atoms with Gasteiger partial charge >= 0.3 is 5.97 Å². The highest BCUT2D eigenvalue weighted by Gasteiger charge is 2.11. The van der Waals surface area contributed by atoms with E-state index < -0.39 is 5.97 Å². The van der Waals surface area contributed by atoms with E-state index in [1.54, 1.807) is 29.9 Å². The van der Waals surface area contributed by atoms with Gasteiger partial charge in [-0.1, -0.05) is 11.6 Å². The van der Waals surface area contributed by atoms with Crippen LogP contribution in [0.5, 0.6) is 0 Å². The number of fused-ring (bicyclic) bond motifs is 1. The minimum atomic E-state index is -0.958. The molecule has 2 aromatic heterocycles. The minimum Gasteiger partial charge on any atom is -0.477 e. The third-order valence-electron chi connectivity index (χ3n) is 2.11. The van der Waals surface area contributed by atoms with Crippen LogP contribution in [-0.2, 0) is 7.05 Å². The van der Waals surface area contributed by atoms with Crippen LogP contribution in [0, 0.1) is 0 Å². The summed E-state index contributed by atoms with van der Waals surface area (Å²) < 4.78 is 1.57. The van der Waals surface area contributed by atoms with Crippen LogP contribution in [0.25, 0.3) is 10.9 Å². The van der Waals surface area contributed by atoms with Crippen molar-refractivity contribution in [3.8, 4) is 0 Å². The largest absolute Gasteiger partial charge is 0.477 e. The van der Waals surface area contributed by atoms with Gasteiger partial charge in [-0.3, -0.25) is 0 Å². The summed E-state index contributed by atoms with van der Waals surface area (Å²) in [5, 5.41) is 10.0. The van der Waals surface area contributed by atoms with Gasteiger partial charge in [0, 0.05) is 12.4 Å². The second kappa shape index (κ2) is 2.99. The molecular formula is C9H7ClN2O2. The molecule has 0 radical (unpaired) electrons. The fourth-order valence-electron chi connectivity index (χ4n) is 1.41. The summed E-state index contributed by atoms with van der Waals surface area (Å²) in [7, 11) is 1.68. The van der Waals surface area contributed by atoms with E-state index in [0.717, 1.165) is 10.9 Å². The van der Waals surface area contributed by atoms with Crippen molar-refractivity contribution in [2.45, 2.75) is 0 Å². The smallest absolute Gasteiger partial charge is 0.352 e. The van der Waals surface area contributed by atoms with E-state index in [0.29, 0.717) is 5.15 Å². The Morgan fingerprint density at radius 1 is 1.57 bits per heavy atom. The van der Waals surface area contributed by atoms with Crippen LogP contribution < -0.4 is 0 Å². The lowest BCUT2D eigenvalue weighted by molar-refractivity contribution is 0.0687. The molecule has 0 aliphatic heterocycles. The van der Waals surface area contributed by atoms with E-state index >= 15 is 0 Å². The van der Waals surface area contributed by atoms with Crippen LogP contribution in [0.1, 0.15) is 10.5 Å². The number of carbonyl (C=O) groups is 1. The summed E-state index contributed by atoms with van der Waals surface area (Å²) in [5.74, 6) is -0.958. The lowest BCUT2D eigenvalue weighted by Gasteiger charge is -1.97. The molecule has 0 aromatic carbocycles. The zero-order valence-corrected chi connectivity index (χ0v) is 8.12. The number of rotatable bonds is 1. The first-order chi connectivity index (χ1) is 6.59. The molecule has 0 atom stereocenters. The molecule has 72 valence electrons. The molecule has 1 N–H and O–H groups in total. The van der Waals surface area contributed by atoms with Crippen LogP contribution in [0.15, 0.2) is 18.3 Å². The molecule has 0 saturated heterocycles. The molecule has 0 aliphatic carbocycles. The quantitative estimate of drug-likeness (QED) is 0.732. The highest BCUT2D eigenvalue weighted by Crippen LogP contribution is 2.20. The van der Waals surface area contributed by atoms with Gasteiger partial charge in [0.1, 0.15) is 10.8 Å². The molecule has 2 rings (SSSR count). The first kappa shape index (κ1) is 9.02. The van der Waals surface area contributed by atoms with Crippen molar-refractivity contribution < 1.29 is 9.90 Å². The number of hydrogen-bond acceptors (Lipinski definition) is 2. The van der Waals surface area contributed by atoms with Crippen molar-refractivity contribution in [2.24, 2.45) is 7.05 Å². The minimum absolute atomic E-state index is 0.226. The predicted octanol–water partition coefficient (Wildman–Crippen LogP) is 1.92. The third kappa shape index (κ3) is 1.24. The van der Waals surface area contributed by atoms with Crippen molar-refractivity contribution in [1.82, 2.24) is 9.55 Å². The summed E-state index contributed by atoms with van der Waals surface area (Å²) >= 11 is 5.69. The molecular weight excluding hydrogens is 204 g/mol. The number of pyridine rings is 1. The lowest BCUT2D eigenvalue weighted by Crippen LogP contribution is -2.03. The number of aromatic carboxylic acids is 1. The zero-order valence-electron chi connectivity index (χ0n) is 7.36. The number of carboxylic acid groups (broad SMARTS) is 1. The summed E-state index contributed by atoms with van der Waals surface area (Å²) in [6, 6.07) is 3.22. The van der Waals surface area contributed by atoms with E-state index in [2.05, 4.69) is 4.98 Å². The third-order valence-corrected chi connectivity index (χ3v) is 2.32. The Kier molecular flexibility index (Phi) is 1.93. The molecule has 4 nitrogen and oxygen atoms in total. The maximum Gasteiger partial charge on any atom is 0.352 e. The van der Waals surface area contributed by atoms with Crippen molar-refractivity contribution in [2.75, 3.05) is 0 Å². The van der Waals surface area contributed by atoms with Gasteiger partial charge in [-0.2, -0.15) is 0 Å². The standard InChI is InChI=1S/C9H7ClN2O2/c1-12-6(9(13)14)2-5-3-8(10)11-4-7(5)12/h2-4H,1H3,(H,13,14). The van der Waals surface area contributed by atoms with Crippen molar-refractivity contribution in [3.63, 3.8) is 0 Å². The van der Waals surface area contributed by atoms with Gasteiger partial charge in [0.25, 0.3) is 0 Å². The van der Waals surface area contributed by atoms with E-state index in [1.807, 2.05) is 0 Å². The highest BCUT2D eigenvalue weighted by atomic mass is 35.5. The monoisotopic (exact) mass is 210 g/mol. The predicted molar refractivity (Wildman–Crippen MR) is 52.7 cm³/mol. The molecule has 0 aliphatic rings. The van der Waals surface area contributed by atoms with E-state index in [-0.39, 0.29) is 5.69 Å². The molecule has 5 heteroatoms. The Labute approximate surface area is 84.7 Å². The molecule has 14 heavy (non-hydrogen) atoms. The Bertz CT molecular complexity index is 519. The lowest BCUT2D eigenvalue weighted by atomic mass is 10.3. The van der Waals surface area contributed by atoms with Crippen LogP contribution in [-0.4, -0.2) is 20.6 Å². The van der Waals surface area contributed by atoms with Crippen molar-refractivity contribution >= 4 is 28.5 Å². The van der Waals surface area contributed by atoms with Gasteiger partial charge in [-0.05, 0) is 12.1 Å². The number of halogens is 1. The molecule has 0 unspecified atom stereocenters. The highest BCUT2D eigenvalue weighted by molar-refractivity contribution is 6.30. The Hall–Kier alpha value is -1.55. The van der Waals surface area contributed by atoms with Gasteiger partial charge in [0.15, 0.2) is 0 Å². The number of nitrogens with zero attached hydrogens (tertiary/aromatic N) is 2. The van der Waals surface area contributed by atoms with Gasteiger partial charge in [-0.15, -0.1) is 0 Å². The van der Waals surface area contributed by atoms with E-state index in [4.69, 9.17) is 16.7 Å². The molecule has 0 fully saturated rings. The molecule has 2 heterocycles. The number of hydrogen-bond donors (Lipinski definition) is 1. The van der Waals surface area contributed by atoms with Crippen LogP contribution in [0.4, 0.5) is 0 Å². The van der Waals surface area contributed by atoms with Crippen molar-refractivity contribution in [1.29, 1.82) is 0 Å². The average Bonchev–Trinajstić information content (AvgIpc) is 2.43. The van der Waals surface area contributed by atoms with Gasteiger partial charge in [0.2, 0.25) is 0 Å². The number of aryl methyl sites for hydroxylation is 1. The zero-order chi connectivity index (χ0) is 10.3.